The van der Waals surface area contributed by atoms with Crippen molar-refractivity contribution in [2.45, 2.75) is 12.8 Å². The van der Waals surface area contributed by atoms with E-state index in [1.54, 1.807) is 6.08 Å². The van der Waals surface area contributed by atoms with E-state index in [1.165, 1.54) is 0 Å². The summed E-state index contributed by atoms with van der Waals surface area (Å²) >= 11 is 0. The van der Waals surface area contributed by atoms with Crippen LogP contribution in [0, 0.1) is 0 Å². The Hall–Kier alpha value is -1.30. The molecule has 0 heteroatoms. The summed E-state index contributed by atoms with van der Waals surface area (Å²) < 4.78 is 30.5. The fourth-order valence-electron chi connectivity index (χ4n) is 1.20. The van der Waals surface area contributed by atoms with Crippen LogP contribution < -0.4 is 0 Å². The second kappa shape index (κ2) is 3.40. The monoisotopic (exact) mass is 160 g/mol. The van der Waals surface area contributed by atoms with Gasteiger partial charge < -0.3 is 0 Å². The van der Waals surface area contributed by atoms with Gasteiger partial charge in [0.25, 0.3) is 0 Å². The van der Waals surface area contributed by atoms with Crippen LogP contribution >= 0.6 is 0 Å². The molecule has 0 unspecified atom stereocenters. The van der Waals surface area contributed by atoms with E-state index in [-0.39, 0.29) is 18.5 Å². The Morgan fingerprint density at radius 1 is 1.25 bits per heavy atom. The van der Waals surface area contributed by atoms with Gasteiger partial charge in [-0.05, 0) is 23.9 Å². The van der Waals surface area contributed by atoms with Gasteiger partial charge in [0.1, 0.15) is 0 Å². The molecule has 0 spiro atoms. The van der Waals surface area contributed by atoms with Crippen molar-refractivity contribution in [2.75, 3.05) is 0 Å². The van der Waals surface area contributed by atoms with Crippen molar-refractivity contribution in [3.05, 3.63) is 54.1 Å². The predicted octanol–water partition coefficient (Wildman–Crippen LogP) is 3.42. The summed E-state index contributed by atoms with van der Waals surface area (Å²) in [6.07, 6.45) is 0.0221. The lowest BCUT2D eigenvalue weighted by atomic mass is 9.98. The highest BCUT2D eigenvalue weighted by atomic mass is 14.1. The summed E-state index contributed by atoms with van der Waals surface area (Å²) in [5, 5.41) is 0. The average molecular weight is 160 g/mol. The van der Waals surface area contributed by atoms with Crippen LogP contribution in [0.5, 0.6) is 0 Å². The first kappa shape index (κ1) is 4.08. The Morgan fingerprint density at radius 3 is 2.83 bits per heavy atom. The van der Waals surface area contributed by atoms with Crippen molar-refractivity contribution in [3.8, 4) is 0 Å². The minimum Gasteiger partial charge on any atom is -0.0842 e. The zero-order chi connectivity index (χ0) is 11.8. The van der Waals surface area contributed by atoms with E-state index in [0.29, 0.717) is 0 Å². The van der Waals surface area contributed by atoms with Crippen LogP contribution in [0.1, 0.15) is 23.8 Å². The van der Waals surface area contributed by atoms with Gasteiger partial charge in [-0.1, -0.05) is 48.5 Å². The molecule has 0 saturated carbocycles. The molecule has 0 amide bonds. The largest absolute Gasteiger partial charge is 0.0842 e. The van der Waals surface area contributed by atoms with Crippen molar-refractivity contribution in [1.82, 2.24) is 0 Å². The topological polar surface area (TPSA) is 0 Å². The lowest BCUT2D eigenvalue weighted by Gasteiger charge is -2.08. The Bertz CT molecular complexity index is 457. The summed E-state index contributed by atoms with van der Waals surface area (Å²) in [7, 11) is 0. The van der Waals surface area contributed by atoms with Crippen molar-refractivity contribution >= 4 is 5.57 Å². The van der Waals surface area contributed by atoms with Crippen LogP contribution in [-0.2, 0) is 0 Å². The van der Waals surface area contributed by atoms with Crippen LogP contribution in [0.25, 0.3) is 5.57 Å². The average Bonchev–Trinajstić information content (AvgIpc) is 2.26. The van der Waals surface area contributed by atoms with Gasteiger partial charge in [-0.3, -0.25) is 0 Å². The first-order valence-electron chi connectivity index (χ1n) is 5.95. The van der Waals surface area contributed by atoms with E-state index in [2.05, 4.69) is 0 Å². The smallest absolute Gasteiger partial charge is 0.0619 e. The van der Waals surface area contributed by atoms with E-state index in [4.69, 9.17) is 5.48 Å². The van der Waals surface area contributed by atoms with Crippen molar-refractivity contribution < 1.29 is 5.48 Å². The summed E-state index contributed by atoms with van der Waals surface area (Å²) in [6.45, 7) is 0. The highest BCUT2D eigenvalue weighted by Gasteiger charge is 2.00. The number of benzene rings is 1. The Morgan fingerprint density at radius 2 is 2.08 bits per heavy atom. The summed E-state index contributed by atoms with van der Waals surface area (Å²) in [5.41, 5.74) is 1.70. The van der Waals surface area contributed by atoms with Gasteiger partial charge in [0, 0.05) is 2.74 Å². The molecule has 1 aromatic rings. The van der Waals surface area contributed by atoms with Crippen molar-refractivity contribution in [3.63, 3.8) is 0 Å². The SMILES string of the molecule is [2H]C1=C([2H])C([2H])([2H])CC(c2ccccc2)=C1. The summed E-state index contributed by atoms with van der Waals surface area (Å²) in [4.78, 5) is 0. The molecule has 0 atom stereocenters. The Kier molecular flexibility index (Phi) is 1.16. The number of hydrogen-bond acceptors (Lipinski definition) is 0. The molecule has 0 fully saturated rings. The second-order valence-corrected chi connectivity index (χ2v) is 2.66. The fraction of sp³-hybridized carbons (Fsp3) is 0.167. The standard InChI is InChI=1S/C12H12/c1-3-7-11(8-4-1)12-9-5-2-6-10-12/h1-5,7-9H,6,10H2/i2D,5D,6D2. The molecule has 1 aromatic carbocycles. The Labute approximate surface area is 78.9 Å². The van der Waals surface area contributed by atoms with E-state index in [1.807, 2.05) is 30.3 Å². The third kappa shape index (κ3) is 1.48. The van der Waals surface area contributed by atoms with E-state index >= 15 is 0 Å². The van der Waals surface area contributed by atoms with Gasteiger partial charge in [-0.25, -0.2) is 0 Å². The molecule has 0 radical (unpaired) electrons. The molecular weight excluding hydrogens is 144 g/mol. The first-order chi connectivity index (χ1) is 7.50. The van der Waals surface area contributed by atoms with Crippen LogP contribution in [-0.4, -0.2) is 0 Å². The van der Waals surface area contributed by atoms with Crippen LogP contribution in [0.4, 0.5) is 0 Å². The van der Waals surface area contributed by atoms with Crippen LogP contribution in [0.15, 0.2) is 48.5 Å². The predicted molar refractivity (Wildman–Crippen MR) is 52.8 cm³/mol. The molecule has 1 aliphatic rings. The molecule has 0 heterocycles. The minimum atomic E-state index is -1.73. The van der Waals surface area contributed by atoms with Gasteiger partial charge in [0.2, 0.25) is 0 Å². The van der Waals surface area contributed by atoms with Crippen molar-refractivity contribution in [1.29, 1.82) is 0 Å². The van der Waals surface area contributed by atoms with E-state index in [0.717, 1.165) is 11.1 Å². The van der Waals surface area contributed by atoms with Gasteiger partial charge in [-0.2, -0.15) is 0 Å². The third-order valence-electron chi connectivity index (χ3n) is 1.83. The van der Waals surface area contributed by atoms with Gasteiger partial charge in [0.05, 0.1) is 2.74 Å². The summed E-state index contributed by atoms with van der Waals surface area (Å²) in [5.74, 6) is 0. The molecule has 60 valence electrons. The van der Waals surface area contributed by atoms with E-state index < -0.39 is 6.37 Å². The highest BCUT2D eigenvalue weighted by molar-refractivity contribution is 5.67. The molecule has 1 aliphatic carbocycles. The zero-order valence-electron chi connectivity index (χ0n) is 10.7. The molecule has 0 bridgehead atoms. The van der Waals surface area contributed by atoms with Crippen LogP contribution in [0.3, 0.4) is 0 Å². The molecule has 0 aromatic heterocycles. The minimum absolute atomic E-state index is 0.0323. The molecular formula is C12H12. The zero-order valence-corrected chi connectivity index (χ0v) is 6.67. The molecule has 2 rings (SSSR count). The molecule has 0 N–H and O–H groups in total. The van der Waals surface area contributed by atoms with Gasteiger partial charge >= 0.3 is 0 Å². The number of rotatable bonds is 1. The van der Waals surface area contributed by atoms with Crippen LogP contribution in [0.2, 0.25) is 0 Å². The fourth-order valence-corrected chi connectivity index (χ4v) is 1.20. The van der Waals surface area contributed by atoms with Crippen molar-refractivity contribution in [2.24, 2.45) is 0 Å². The third-order valence-corrected chi connectivity index (χ3v) is 1.83. The normalized spacial score (nSPS) is 26.5. The summed E-state index contributed by atoms with van der Waals surface area (Å²) in [6, 6.07) is 9.19. The lowest BCUT2D eigenvalue weighted by molar-refractivity contribution is 1.05. The molecule has 0 aliphatic heterocycles. The molecule has 12 heavy (non-hydrogen) atoms. The first-order valence-corrected chi connectivity index (χ1v) is 3.95. The molecule has 0 saturated heterocycles. The quantitative estimate of drug-likeness (QED) is 0.590. The molecule has 0 nitrogen and oxygen atoms in total. The second-order valence-electron chi connectivity index (χ2n) is 2.66. The Balaban J connectivity index is 2.44. The lowest BCUT2D eigenvalue weighted by Crippen LogP contribution is -1.86. The maximum absolute atomic E-state index is 7.70. The number of hydrogen-bond donors (Lipinski definition) is 0. The maximum Gasteiger partial charge on any atom is 0.0619 e. The van der Waals surface area contributed by atoms with E-state index in [9.17, 15) is 0 Å². The highest BCUT2D eigenvalue weighted by Crippen LogP contribution is 2.22. The number of allylic oxidation sites excluding steroid dienone is 4. The van der Waals surface area contributed by atoms with Gasteiger partial charge in [0.15, 0.2) is 0 Å². The maximum atomic E-state index is 7.70. The van der Waals surface area contributed by atoms with Gasteiger partial charge in [-0.15, -0.1) is 0 Å².